The maximum atomic E-state index is 13.2. The SMILES string of the molecule is O=C(CC1CCC(c2ccccc2)CC1)N1CCC(C(=O)O)(C(F)(F)F)C1. The molecule has 27 heavy (non-hydrogen) atoms. The molecular formula is C20H24F3NO3. The third-order valence-electron chi connectivity index (χ3n) is 6.16. The topological polar surface area (TPSA) is 57.6 Å². The predicted molar refractivity (Wildman–Crippen MR) is 93.1 cm³/mol. The molecule has 3 rings (SSSR count). The van der Waals surface area contributed by atoms with Crippen molar-refractivity contribution in [2.24, 2.45) is 11.3 Å². The van der Waals surface area contributed by atoms with Gasteiger partial charge in [-0.2, -0.15) is 13.2 Å². The fraction of sp³-hybridized carbons (Fsp3) is 0.600. The number of carbonyl (C=O) groups excluding carboxylic acids is 1. The second-order valence-electron chi connectivity index (χ2n) is 7.78. The van der Waals surface area contributed by atoms with Crippen LogP contribution in [0.3, 0.4) is 0 Å². The zero-order valence-corrected chi connectivity index (χ0v) is 15.0. The molecule has 2 fully saturated rings. The second-order valence-corrected chi connectivity index (χ2v) is 7.78. The highest BCUT2D eigenvalue weighted by atomic mass is 19.4. The molecule has 1 aromatic carbocycles. The number of alkyl halides is 3. The van der Waals surface area contributed by atoms with E-state index >= 15 is 0 Å². The Morgan fingerprint density at radius 2 is 1.74 bits per heavy atom. The molecule has 1 unspecified atom stereocenters. The molecule has 4 nitrogen and oxygen atoms in total. The number of rotatable bonds is 4. The van der Waals surface area contributed by atoms with Crippen LogP contribution in [-0.4, -0.2) is 41.1 Å². The smallest absolute Gasteiger partial charge is 0.406 e. The van der Waals surface area contributed by atoms with Crippen LogP contribution in [0, 0.1) is 11.3 Å². The van der Waals surface area contributed by atoms with Crippen LogP contribution in [0.15, 0.2) is 30.3 Å². The summed E-state index contributed by atoms with van der Waals surface area (Å²) in [5.41, 5.74) is -1.54. The number of amides is 1. The highest BCUT2D eigenvalue weighted by Gasteiger charge is 2.64. The van der Waals surface area contributed by atoms with Crippen LogP contribution in [0.2, 0.25) is 0 Å². The summed E-state index contributed by atoms with van der Waals surface area (Å²) in [6, 6.07) is 10.2. The molecule has 2 aliphatic rings. The molecule has 1 amide bonds. The molecule has 1 saturated carbocycles. The Morgan fingerprint density at radius 1 is 1.11 bits per heavy atom. The van der Waals surface area contributed by atoms with Crippen molar-refractivity contribution in [3.05, 3.63) is 35.9 Å². The molecule has 148 valence electrons. The van der Waals surface area contributed by atoms with Crippen LogP contribution in [0.5, 0.6) is 0 Å². The number of carboxylic acids is 1. The van der Waals surface area contributed by atoms with Gasteiger partial charge in [0.1, 0.15) is 0 Å². The lowest BCUT2D eigenvalue weighted by atomic mass is 9.77. The van der Waals surface area contributed by atoms with Gasteiger partial charge in [0.05, 0.1) is 0 Å². The highest BCUT2D eigenvalue weighted by molar-refractivity contribution is 5.81. The second kappa shape index (κ2) is 7.52. The quantitative estimate of drug-likeness (QED) is 0.847. The third-order valence-corrected chi connectivity index (χ3v) is 6.16. The first-order valence-corrected chi connectivity index (χ1v) is 9.36. The molecular weight excluding hydrogens is 359 g/mol. The van der Waals surface area contributed by atoms with Crippen molar-refractivity contribution >= 4 is 11.9 Å². The van der Waals surface area contributed by atoms with E-state index < -0.39 is 30.5 Å². The summed E-state index contributed by atoms with van der Waals surface area (Å²) in [6.07, 6.45) is -1.58. The molecule has 1 heterocycles. The van der Waals surface area contributed by atoms with E-state index in [2.05, 4.69) is 12.1 Å². The van der Waals surface area contributed by atoms with Crippen LogP contribution in [0.4, 0.5) is 13.2 Å². The summed E-state index contributed by atoms with van der Waals surface area (Å²) in [6.45, 7) is -0.923. The summed E-state index contributed by atoms with van der Waals surface area (Å²) in [5, 5.41) is 9.10. The lowest BCUT2D eigenvalue weighted by molar-refractivity contribution is -0.227. The number of benzene rings is 1. The maximum Gasteiger partial charge on any atom is 0.406 e. The van der Waals surface area contributed by atoms with E-state index in [1.165, 1.54) is 5.56 Å². The average Bonchev–Trinajstić information content (AvgIpc) is 3.10. The van der Waals surface area contributed by atoms with E-state index in [0.717, 1.165) is 30.6 Å². The number of halogens is 3. The minimum Gasteiger partial charge on any atom is -0.481 e. The van der Waals surface area contributed by atoms with Gasteiger partial charge in [0, 0.05) is 19.5 Å². The Kier molecular flexibility index (Phi) is 5.49. The molecule has 1 aliphatic heterocycles. The highest BCUT2D eigenvalue weighted by Crippen LogP contribution is 2.46. The van der Waals surface area contributed by atoms with Crippen molar-refractivity contribution in [2.45, 2.75) is 50.6 Å². The van der Waals surface area contributed by atoms with E-state index in [4.69, 9.17) is 5.11 Å². The fourth-order valence-electron chi connectivity index (χ4n) is 4.35. The van der Waals surface area contributed by atoms with Crippen molar-refractivity contribution < 1.29 is 27.9 Å². The van der Waals surface area contributed by atoms with E-state index in [-0.39, 0.29) is 24.8 Å². The van der Waals surface area contributed by atoms with Crippen LogP contribution in [0.25, 0.3) is 0 Å². The van der Waals surface area contributed by atoms with Gasteiger partial charge in [0.2, 0.25) is 5.91 Å². The number of hydrogen-bond donors (Lipinski definition) is 1. The van der Waals surface area contributed by atoms with Crippen LogP contribution in [-0.2, 0) is 9.59 Å². The van der Waals surface area contributed by atoms with Crippen LogP contribution >= 0.6 is 0 Å². The minimum atomic E-state index is -4.86. The molecule has 1 saturated heterocycles. The van der Waals surface area contributed by atoms with Gasteiger partial charge in [-0.25, -0.2) is 0 Å². The fourth-order valence-corrected chi connectivity index (χ4v) is 4.35. The molecule has 1 aliphatic carbocycles. The largest absolute Gasteiger partial charge is 0.481 e. The van der Waals surface area contributed by atoms with Gasteiger partial charge in [-0.3, -0.25) is 9.59 Å². The molecule has 0 radical (unpaired) electrons. The standard InChI is InChI=1S/C20H24F3NO3/c21-20(22,23)19(18(26)27)10-11-24(13-19)17(25)12-14-6-8-16(9-7-14)15-4-2-1-3-5-15/h1-5,14,16H,6-13H2,(H,26,27). The van der Waals surface area contributed by atoms with Crippen molar-refractivity contribution in [3.63, 3.8) is 0 Å². The summed E-state index contributed by atoms with van der Waals surface area (Å²) in [7, 11) is 0. The van der Waals surface area contributed by atoms with E-state index in [1.807, 2.05) is 18.2 Å². The third kappa shape index (κ3) is 3.96. The van der Waals surface area contributed by atoms with Gasteiger partial charge in [-0.1, -0.05) is 30.3 Å². The number of aliphatic carboxylic acids is 1. The van der Waals surface area contributed by atoms with E-state index in [9.17, 15) is 22.8 Å². The molecule has 1 N–H and O–H groups in total. The van der Waals surface area contributed by atoms with Crippen LogP contribution < -0.4 is 0 Å². The molecule has 1 aromatic rings. The van der Waals surface area contributed by atoms with E-state index in [0.29, 0.717) is 5.92 Å². The van der Waals surface area contributed by atoms with Gasteiger partial charge in [0.15, 0.2) is 5.41 Å². The average molecular weight is 383 g/mol. The number of likely N-dealkylation sites (tertiary alicyclic amines) is 1. The summed E-state index contributed by atoms with van der Waals surface area (Å²) < 4.78 is 39.7. The first-order valence-electron chi connectivity index (χ1n) is 9.36. The predicted octanol–water partition coefficient (Wildman–Crippen LogP) is 4.22. The Hall–Kier alpha value is -2.05. The number of nitrogens with zero attached hydrogens (tertiary/aromatic N) is 1. The molecule has 0 spiro atoms. The number of carbonyl (C=O) groups is 2. The van der Waals surface area contributed by atoms with Gasteiger partial charge in [-0.15, -0.1) is 0 Å². The minimum absolute atomic E-state index is 0.149. The summed E-state index contributed by atoms with van der Waals surface area (Å²) >= 11 is 0. The number of carboxylic acid groups (broad SMARTS) is 1. The van der Waals surface area contributed by atoms with Gasteiger partial charge in [0.25, 0.3) is 0 Å². The Balaban J connectivity index is 1.54. The first kappa shape index (κ1) is 19.7. The van der Waals surface area contributed by atoms with Crippen molar-refractivity contribution in [3.8, 4) is 0 Å². The van der Waals surface area contributed by atoms with Gasteiger partial charge >= 0.3 is 12.1 Å². The zero-order chi connectivity index (χ0) is 19.7. The van der Waals surface area contributed by atoms with Crippen molar-refractivity contribution in [1.29, 1.82) is 0 Å². The van der Waals surface area contributed by atoms with Crippen molar-refractivity contribution in [1.82, 2.24) is 4.90 Å². The monoisotopic (exact) mass is 383 g/mol. The lowest BCUT2D eigenvalue weighted by Gasteiger charge is -2.30. The van der Waals surface area contributed by atoms with Gasteiger partial charge in [-0.05, 0) is 49.5 Å². The normalized spacial score (nSPS) is 28.9. The molecule has 1 atom stereocenters. The maximum absolute atomic E-state index is 13.2. The first-order chi connectivity index (χ1) is 12.7. The van der Waals surface area contributed by atoms with Crippen molar-refractivity contribution in [2.75, 3.05) is 13.1 Å². The Morgan fingerprint density at radius 3 is 2.26 bits per heavy atom. The zero-order valence-electron chi connectivity index (χ0n) is 15.0. The number of hydrogen-bond acceptors (Lipinski definition) is 2. The molecule has 7 heteroatoms. The summed E-state index contributed by atoms with van der Waals surface area (Å²) in [4.78, 5) is 24.8. The van der Waals surface area contributed by atoms with Gasteiger partial charge < -0.3 is 10.0 Å². The Bertz CT molecular complexity index is 683. The molecule has 0 bridgehead atoms. The molecule has 0 aromatic heterocycles. The Labute approximate surface area is 156 Å². The van der Waals surface area contributed by atoms with E-state index in [1.54, 1.807) is 0 Å². The lowest BCUT2D eigenvalue weighted by Crippen LogP contribution is -2.47. The van der Waals surface area contributed by atoms with Crippen LogP contribution in [0.1, 0.15) is 50.0 Å². The summed E-state index contributed by atoms with van der Waals surface area (Å²) in [5.74, 6) is -1.63.